The first kappa shape index (κ1) is 33.1. The molecule has 0 N–H and O–H groups in total. The minimum absolute atomic E-state index is 0.177. The molecule has 0 saturated carbocycles. The molecule has 0 fully saturated rings. The number of thiazole rings is 1. The normalized spacial score (nSPS) is 14.2. The van der Waals surface area contributed by atoms with Crippen molar-refractivity contribution in [2.24, 2.45) is 4.99 Å². The third-order valence-electron chi connectivity index (χ3n) is 7.39. The van der Waals surface area contributed by atoms with E-state index in [0.717, 1.165) is 11.3 Å². The van der Waals surface area contributed by atoms with Crippen LogP contribution in [-0.2, 0) is 9.53 Å². The highest BCUT2D eigenvalue weighted by Gasteiger charge is 2.34. The molecule has 1 unspecified atom stereocenters. The highest BCUT2D eigenvalue weighted by molar-refractivity contribution is 7.07. The van der Waals surface area contributed by atoms with Gasteiger partial charge in [-0.1, -0.05) is 23.5 Å². The zero-order valence-electron chi connectivity index (χ0n) is 27.0. The van der Waals surface area contributed by atoms with Gasteiger partial charge in [-0.15, -0.1) is 0 Å². The number of hydrogen-bond acceptors (Lipinski definition) is 11. The largest absolute Gasteiger partial charge is 0.497 e. The van der Waals surface area contributed by atoms with Crippen LogP contribution in [0.5, 0.6) is 34.5 Å². The summed E-state index contributed by atoms with van der Waals surface area (Å²) in [7, 11) is 6.24. The van der Waals surface area contributed by atoms with E-state index >= 15 is 0 Å². The Balaban J connectivity index is 1.45. The minimum Gasteiger partial charge on any atom is -0.497 e. The topological polar surface area (TPSA) is 116 Å². The molecule has 1 aliphatic heterocycles. The van der Waals surface area contributed by atoms with Gasteiger partial charge >= 0.3 is 5.97 Å². The fourth-order valence-electron chi connectivity index (χ4n) is 5.16. The number of hydrogen-bond donors (Lipinski definition) is 0. The van der Waals surface area contributed by atoms with Gasteiger partial charge in [0.1, 0.15) is 24.7 Å². The Bertz CT molecular complexity index is 1960. The molecule has 1 aliphatic rings. The lowest BCUT2D eigenvalue weighted by atomic mass is 9.95. The maximum atomic E-state index is 14.0. The molecule has 1 aromatic heterocycles. The number of ether oxygens (including phenoxy) is 7. The van der Waals surface area contributed by atoms with Crippen LogP contribution in [0.4, 0.5) is 0 Å². The molecular weight excluding hydrogens is 624 g/mol. The van der Waals surface area contributed by atoms with Crippen molar-refractivity contribution < 1.29 is 38.0 Å². The first-order chi connectivity index (χ1) is 22.8. The maximum absolute atomic E-state index is 14.0. The third kappa shape index (κ3) is 7.12. The molecule has 0 amide bonds. The smallest absolute Gasteiger partial charge is 0.338 e. The zero-order valence-corrected chi connectivity index (χ0v) is 27.8. The standard InChI is InChI=1S/C35H36N2O9S/c1-7-44-34(39)31-21(2)36-35-37(32(31)23-9-15-26(41-4)29(20-23)43-6)33(38)30(47-35)19-22-8-14-27(28(18-22)42-5)46-17-16-45-25-12-10-24(40-3)11-13-25/h8-15,18-20,32H,7,16-17H2,1-6H3/b30-19+. The van der Waals surface area contributed by atoms with Crippen LogP contribution < -0.4 is 43.3 Å². The van der Waals surface area contributed by atoms with Gasteiger partial charge in [0.2, 0.25) is 0 Å². The van der Waals surface area contributed by atoms with E-state index in [4.69, 9.17) is 33.2 Å². The maximum Gasteiger partial charge on any atom is 0.338 e. The lowest BCUT2D eigenvalue weighted by Crippen LogP contribution is -2.39. The summed E-state index contributed by atoms with van der Waals surface area (Å²) in [5.74, 6) is 2.93. The van der Waals surface area contributed by atoms with Gasteiger partial charge in [-0.05, 0) is 79.6 Å². The van der Waals surface area contributed by atoms with E-state index in [1.165, 1.54) is 23.0 Å². The van der Waals surface area contributed by atoms with Crippen molar-refractivity contribution in [1.29, 1.82) is 0 Å². The third-order valence-corrected chi connectivity index (χ3v) is 8.38. The number of methoxy groups -OCH3 is 4. The summed E-state index contributed by atoms with van der Waals surface area (Å²) < 4.78 is 40.7. The van der Waals surface area contributed by atoms with E-state index in [0.29, 0.717) is 62.6 Å². The lowest BCUT2D eigenvalue weighted by Gasteiger charge is -2.25. The van der Waals surface area contributed by atoms with Crippen molar-refractivity contribution in [3.05, 3.63) is 103 Å². The molecule has 0 aliphatic carbocycles. The number of esters is 1. The Labute approximate surface area is 275 Å². The Morgan fingerprint density at radius 3 is 2.17 bits per heavy atom. The lowest BCUT2D eigenvalue weighted by molar-refractivity contribution is -0.139. The second-order valence-corrected chi connectivity index (χ2v) is 11.2. The number of fused-ring (bicyclic) bond motifs is 1. The number of nitrogens with zero attached hydrogens (tertiary/aromatic N) is 2. The summed E-state index contributed by atoms with van der Waals surface area (Å²) in [6, 6.07) is 17.2. The van der Waals surface area contributed by atoms with Gasteiger partial charge < -0.3 is 33.2 Å². The first-order valence-electron chi connectivity index (χ1n) is 14.8. The van der Waals surface area contributed by atoms with Gasteiger partial charge in [-0.25, -0.2) is 9.79 Å². The fraction of sp³-hybridized carbons (Fsp3) is 0.286. The molecule has 246 valence electrons. The fourth-order valence-corrected chi connectivity index (χ4v) is 6.20. The van der Waals surface area contributed by atoms with Crippen molar-refractivity contribution in [2.75, 3.05) is 48.3 Å². The molecule has 12 heteroatoms. The van der Waals surface area contributed by atoms with Crippen molar-refractivity contribution in [1.82, 2.24) is 4.57 Å². The Morgan fingerprint density at radius 2 is 1.49 bits per heavy atom. The van der Waals surface area contributed by atoms with Gasteiger partial charge in [0.05, 0.1) is 56.9 Å². The van der Waals surface area contributed by atoms with Gasteiger partial charge in [0.25, 0.3) is 5.56 Å². The van der Waals surface area contributed by atoms with E-state index in [-0.39, 0.29) is 17.7 Å². The van der Waals surface area contributed by atoms with Gasteiger partial charge in [0.15, 0.2) is 27.8 Å². The second-order valence-electron chi connectivity index (χ2n) is 10.2. The van der Waals surface area contributed by atoms with Gasteiger partial charge in [-0.2, -0.15) is 0 Å². The van der Waals surface area contributed by atoms with E-state index in [2.05, 4.69) is 4.99 Å². The van der Waals surface area contributed by atoms with Crippen LogP contribution in [0.25, 0.3) is 6.08 Å². The molecule has 0 spiro atoms. The molecule has 47 heavy (non-hydrogen) atoms. The Morgan fingerprint density at radius 1 is 0.830 bits per heavy atom. The Kier molecular flexibility index (Phi) is 10.5. The highest BCUT2D eigenvalue weighted by Crippen LogP contribution is 2.36. The molecule has 1 atom stereocenters. The number of aromatic nitrogens is 1. The van der Waals surface area contributed by atoms with E-state index in [1.54, 1.807) is 71.6 Å². The molecule has 3 aromatic carbocycles. The monoisotopic (exact) mass is 660 g/mol. The van der Waals surface area contributed by atoms with E-state index in [1.807, 2.05) is 30.3 Å². The molecule has 5 rings (SSSR count). The summed E-state index contributed by atoms with van der Waals surface area (Å²) in [6.45, 7) is 4.26. The van der Waals surface area contributed by atoms with Crippen LogP contribution >= 0.6 is 11.3 Å². The van der Waals surface area contributed by atoms with Crippen molar-refractivity contribution in [2.45, 2.75) is 19.9 Å². The number of benzene rings is 3. The quantitative estimate of drug-likeness (QED) is 0.153. The predicted molar refractivity (Wildman–Crippen MR) is 177 cm³/mol. The van der Waals surface area contributed by atoms with E-state index < -0.39 is 12.0 Å². The molecule has 0 saturated heterocycles. The van der Waals surface area contributed by atoms with Crippen molar-refractivity contribution in [3.8, 4) is 34.5 Å². The SMILES string of the molecule is CCOC(=O)C1=C(C)N=c2s/c(=C/c3ccc(OCCOc4ccc(OC)cc4)c(OC)c3)c(=O)n2C1c1ccc(OC)c(OC)c1. The Hall–Kier alpha value is -5.23. The number of carbonyl (C=O) groups is 1. The summed E-state index contributed by atoms with van der Waals surface area (Å²) in [6.07, 6.45) is 1.76. The van der Waals surface area contributed by atoms with Crippen molar-refractivity contribution in [3.63, 3.8) is 0 Å². The van der Waals surface area contributed by atoms with Crippen LogP contribution in [0.2, 0.25) is 0 Å². The van der Waals surface area contributed by atoms with Crippen LogP contribution in [0.3, 0.4) is 0 Å². The average Bonchev–Trinajstić information content (AvgIpc) is 3.39. The summed E-state index contributed by atoms with van der Waals surface area (Å²) in [5, 5.41) is 0. The molecule has 2 heterocycles. The second kappa shape index (κ2) is 14.9. The van der Waals surface area contributed by atoms with Gasteiger partial charge in [-0.3, -0.25) is 9.36 Å². The number of carbonyl (C=O) groups excluding carboxylic acids is 1. The van der Waals surface area contributed by atoms with Crippen LogP contribution in [0.1, 0.15) is 31.0 Å². The van der Waals surface area contributed by atoms with Crippen LogP contribution in [0, 0.1) is 0 Å². The van der Waals surface area contributed by atoms with Crippen molar-refractivity contribution >= 4 is 23.4 Å². The summed E-state index contributed by atoms with van der Waals surface area (Å²) in [5.41, 5.74) is 1.80. The average molecular weight is 661 g/mol. The molecule has 11 nitrogen and oxygen atoms in total. The first-order valence-corrected chi connectivity index (χ1v) is 15.6. The summed E-state index contributed by atoms with van der Waals surface area (Å²) in [4.78, 5) is 32.4. The number of allylic oxidation sites excluding steroid dienone is 1. The predicted octanol–water partition coefficient (Wildman–Crippen LogP) is 4.29. The number of rotatable bonds is 13. The summed E-state index contributed by atoms with van der Waals surface area (Å²) >= 11 is 1.23. The van der Waals surface area contributed by atoms with E-state index in [9.17, 15) is 9.59 Å². The molecule has 0 bridgehead atoms. The van der Waals surface area contributed by atoms with Crippen LogP contribution in [0.15, 0.2) is 81.7 Å². The van der Waals surface area contributed by atoms with Crippen LogP contribution in [-0.4, -0.2) is 58.8 Å². The van der Waals surface area contributed by atoms with Gasteiger partial charge in [0, 0.05) is 0 Å². The molecule has 0 radical (unpaired) electrons. The minimum atomic E-state index is -0.794. The highest BCUT2D eigenvalue weighted by atomic mass is 32.1. The molecular formula is C35H36N2O9S. The molecule has 4 aromatic rings. The zero-order chi connectivity index (χ0) is 33.5.